The van der Waals surface area contributed by atoms with Gasteiger partial charge < -0.3 is 9.73 Å². The molecule has 0 radical (unpaired) electrons. The second-order valence-electron chi connectivity index (χ2n) is 3.56. The Bertz CT molecular complexity index is 633. The molecule has 17 heavy (non-hydrogen) atoms. The van der Waals surface area contributed by atoms with Crippen LogP contribution in [-0.2, 0) is 6.54 Å². The van der Waals surface area contributed by atoms with E-state index in [0.717, 1.165) is 16.7 Å². The number of aromatic nitrogens is 4. The number of fused-ring (bicyclic) bond motifs is 1. The molecule has 0 unspecified atom stereocenters. The maximum Gasteiger partial charge on any atom is 0.225 e. The predicted molar refractivity (Wildman–Crippen MR) is 63.8 cm³/mol. The van der Waals surface area contributed by atoms with Gasteiger partial charge in [0.25, 0.3) is 0 Å². The second kappa shape index (κ2) is 4.10. The molecule has 0 bridgehead atoms. The Morgan fingerprint density at radius 1 is 1.41 bits per heavy atom. The third-order valence-corrected chi connectivity index (χ3v) is 2.86. The maximum absolute atomic E-state index is 5.47. The molecule has 2 aromatic heterocycles. The van der Waals surface area contributed by atoms with Gasteiger partial charge in [-0.05, 0) is 22.9 Å². The Kier molecular flexibility index (Phi) is 2.45. The quantitative estimate of drug-likeness (QED) is 0.762. The van der Waals surface area contributed by atoms with Crippen molar-refractivity contribution in [3.05, 3.63) is 29.7 Å². The number of hydrogen-bond acceptors (Lipinski definition) is 7. The van der Waals surface area contributed by atoms with Gasteiger partial charge in [-0.2, -0.15) is 0 Å². The molecule has 7 heteroatoms. The summed E-state index contributed by atoms with van der Waals surface area (Å²) in [5.41, 5.74) is 2.78. The van der Waals surface area contributed by atoms with Crippen LogP contribution in [0, 0.1) is 6.92 Å². The number of rotatable bonds is 3. The van der Waals surface area contributed by atoms with E-state index >= 15 is 0 Å². The lowest BCUT2D eigenvalue weighted by molar-refractivity contribution is 0.561. The first-order valence-electron chi connectivity index (χ1n) is 5.06. The first kappa shape index (κ1) is 10.2. The summed E-state index contributed by atoms with van der Waals surface area (Å²) in [6.07, 6.45) is 0. The van der Waals surface area contributed by atoms with E-state index in [1.165, 1.54) is 11.5 Å². The lowest BCUT2D eigenvalue weighted by Crippen LogP contribution is -1.98. The van der Waals surface area contributed by atoms with Gasteiger partial charge in [-0.15, -0.1) is 0 Å². The van der Waals surface area contributed by atoms with Crippen molar-refractivity contribution < 1.29 is 4.42 Å². The van der Waals surface area contributed by atoms with Gasteiger partial charge >= 0.3 is 0 Å². The Morgan fingerprint density at radius 3 is 3.18 bits per heavy atom. The van der Waals surface area contributed by atoms with Crippen molar-refractivity contribution in [2.45, 2.75) is 13.5 Å². The molecule has 0 fully saturated rings. The van der Waals surface area contributed by atoms with Gasteiger partial charge in [-0.25, -0.2) is 4.98 Å². The summed E-state index contributed by atoms with van der Waals surface area (Å²) in [4.78, 5) is 4.25. The van der Waals surface area contributed by atoms with Crippen LogP contribution >= 0.6 is 11.5 Å². The van der Waals surface area contributed by atoms with Crippen molar-refractivity contribution in [2.24, 2.45) is 0 Å². The molecule has 0 aliphatic rings. The van der Waals surface area contributed by atoms with Gasteiger partial charge in [0.05, 0.1) is 0 Å². The Labute approximate surface area is 101 Å². The number of oxazole rings is 1. The number of benzene rings is 1. The van der Waals surface area contributed by atoms with Crippen molar-refractivity contribution in [3.63, 3.8) is 0 Å². The Morgan fingerprint density at radius 2 is 2.35 bits per heavy atom. The van der Waals surface area contributed by atoms with Gasteiger partial charge in [0, 0.05) is 25.0 Å². The second-order valence-corrected chi connectivity index (χ2v) is 4.29. The van der Waals surface area contributed by atoms with Gasteiger partial charge in [-0.3, -0.25) is 0 Å². The number of nitrogens with one attached hydrogen (secondary N) is 1. The van der Waals surface area contributed by atoms with Crippen LogP contribution in [0.5, 0.6) is 0 Å². The largest absolute Gasteiger partial charge is 0.441 e. The summed E-state index contributed by atoms with van der Waals surface area (Å²) in [6.45, 7) is 2.50. The van der Waals surface area contributed by atoms with E-state index in [1.54, 1.807) is 0 Å². The Balaban J connectivity index is 1.81. The van der Waals surface area contributed by atoms with E-state index in [0.29, 0.717) is 17.6 Å². The highest BCUT2D eigenvalue weighted by Gasteiger charge is 2.04. The van der Waals surface area contributed by atoms with Gasteiger partial charge in [0.15, 0.2) is 11.5 Å². The molecular formula is C10H9N5OS. The normalized spacial score (nSPS) is 10.9. The van der Waals surface area contributed by atoms with Crippen LogP contribution in [0.4, 0.5) is 5.13 Å². The number of aryl methyl sites for hydroxylation is 1. The standard InChI is InChI=1S/C10H9N5OS/c1-6-12-8-3-2-7(4-9(8)16-6)5-11-10-13-14-15-17-10/h2-4H,5H2,1H3,(H,11,13,15). The summed E-state index contributed by atoms with van der Waals surface area (Å²) in [7, 11) is 0. The van der Waals surface area contributed by atoms with Crippen LogP contribution in [-0.4, -0.2) is 19.8 Å². The highest BCUT2D eigenvalue weighted by atomic mass is 32.1. The molecule has 3 aromatic rings. The Hall–Kier alpha value is -2.02. The van der Waals surface area contributed by atoms with E-state index in [9.17, 15) is 0 Å². The number of nitrogens with zero attached hydrogens (tertiary/aromatic N) is 4. The zero-order chi connectivity index (χ0) is 11.7. The van der Waals surface area contributed by atoms with E-state index in [-0.39, 0.29) is 0 Å². The van der Waals surface area contributed by atoms with Gasteiger partial charge in [-0.1, -0.05) is 15.7 Å². The zero-order valence-corrected chi connectivity index (χ0v) is 9.86. The SMILES string of the molecule is Cc1nc2ccc(CNc3nnns3)cc2o1. The molecule has 0 aliphatic heterocycles. The lowest BCUT2D eigenvalue weighted by Gasteiger charge is -2.00. The minimum atomic E-state index is 0.659. The highest BCUT2D eigenvalue weighted by Crippen LogP contribution is 2.17. The van der Waals surface area contributed by atoms with Gasteiger partial charge in [0.1, 0.15) is 5.52 Å². The van der Waals surface area contributed by atoms with Crippen LogP contribution in [0.15, 0.2) is 22.6 Å². The van der Waals surface area contributed by atoms with E-state index in [1.807, 2.05) is 25.1 Å². The molecule has 86 valence electrons. The summed E-state index contributed by atoms with van der Waals surface area (Å²) >= 11 is 1.23. The fourth-order valence-electron chi connectivity index (χ4n) is 1.57. The minimum absolute atomic E-state index is 0.659. The number of hydrogen-bond donors (Lipinski definition) is 1. The monoisotopic (exact) mass is 247 g/mol. The summed E-state index contributed by atoms with van der Waals surface area (Å²) in [5, 5.41) is 11.2. The molecule has 0 amide bonds. The third-order valence-electron chi connectivity index (χ3n) is 2.30. The average Bonchev–Trinajstić information content (AvgIpc) is 2.92. The van der Waals surface area contributed by atoms with Crippen molar-refractivity contribution in [2.75, 3.05) is 5.32 Å². The molecular weight excluding hydrogens is 238 g/mol. The molecule has 0 atom stereocenters. The van der Waals surface area contributed by atoms with Crippen molar-refractivity contribution in [3.8, 4) is 0 Å². The third kappa shape index (κ3) is 2.09. The fraction of sp³-hybridized carbons (Fsp3) is 0.200. The molecule has 1 aromatic carbocycles. The van der Waals surface area contributed by atoms with E-state index < -0.39 is 0 Å². The van der Waals surface area contributed by atoms with Crippen LogP contribution in [0.25, 0.3) is 11.1 Å². The molecule has 6 nitrogen and oxygen atoms in total. The van der Waals surface area contributed by atoms with Crippen LogP contribution < -0.4 is 5.32 Å². The molecule has 3 rings (SSSR count). The topological polar surface area (TPSA) is 76.7 Å². The fourth-order valence-corrected chi connectivity index (χ4v) is 1.93. The van der Waals surface area contributed by atoms with Crippen molar-refractivity contribution in [1.29, 1.82) is 0 Å². The van der Waals surface area contributed by atoms with E-state index in [4.69, 9.17) is 4.42 Å². The first-order chi connectivity index (χ1) is 8.31. The van der Waals surface area contributed by atoms with Crippen LogP contribution in [0.1, 0.15) is 11.5 Å². The number of anilines is 1. The van der Waals surface area contributed by atoms with Gasteiger partial charge in [0.2, 0.25) is 5.13 Å². The van der Waals surface area contributed by atoms with Crippen molar-refractivity contribution >= 4 is 27.8 Å². The van der Waals surface area contributed by atoms with Crippen LogP contribution in [0.3, 0.4) is 0 Å². The molecule has 0 saturated heterocycles. The molecule has 0 aliphatic carbocycles. The average molecular weight is 247 g/mol. The molecule has 0 saturated carbocycles. The minimum Gasteiger partial charge on any atom is -0.441 e. The summed E-state index contributed by atoms with van der Waals surface area (Å²) in [6, 6.07) is 5.92. The molecule has 1 N–H and O–H groups in total. The maximum atomic E-state index is 5.47. The zero-order valence-electron chi connectivity index (χ0n) is 9.04. The summed E-state index contributed by atoms with van der Waals surface area (Å²) in [5.74, 6) is 0.679. The highest BCUT2D eigenvalue weighted by molar-refractivity contribution is 7.09. The van der Waals surface area contributed by atoms with Crippen LogP contribution in [0.2, 0.25) is 0 Å². The molecule has 2 heterocycles. The lowest BCUT2D eigenvalue weighted by atomic mass is 10.2. The van der Waals surface area contributed by atoms with Crippen molar-refractivity contribution in [1.82, 2.24) is 19.8 Å². The summed E-state index contributed by atoms with van der Waals surface area (Å²) < 4.78 is 9.15. The van der Waals surface area contributed by atoms with E-state index in [2.05, 4.69) is 25.1 Å². The predicted octanol–water partition coefficient (Wildman–Crippen LogP) is 1.99. The first-order valence-corrected chi connectivity index (χ1v) is 5.83. The molecule has 0 spiro atoms. The smallest absolute Gasteiger partial charge is 0.225 e.